The van der Waals surface area contributed by atoms with Crippen molar-refractivity contribution in [3.63, 3.8) is 0 Å². The molecule has 0 aliphatic carbocycles. The van der Waals surface area contributed by atoms with Gasteiger partial charge in [0.05, 0.1) is 11.9 Å². The van der Waals surface area contributed by atoms with Crippen LogP contribution in [0.1, 0.15) is 10.4 Å². The Morgan fingerprint density at radius 2 is 2.11 bits per heavy atom. The summed E-state index contributed by atoms with van der Waals surface area (Å²) in [6.07, 6.45) is 1.42. The number of carbonyl (C=O) groups excluding carboxylic acids is 1. The number of amides is 1. The number of phenolic OH excluding ortho intramolecular Hbond substituents is 1. The predicted octanol–water partition coefficient (Wildman–Crippen LogP) is 2.94. The van der Waals surface area contributed by atoms with Crippen molar-refractivity contribution < 1.29 is 14.3 Å². The van der Waals surface area contributed by atoms with E-state index >= 15 is 0 Å². The number of aromatic hydroxyl groups is 1. The van der Waals surface area contributed by atoms with E-state index in [4.69, 9.17) is 0 Å². The molecule has 0 unspecified atom stereocenters. The van der Waals surface area contributed by atoms with Gasteiger partial charge in [0.2, 0.25) is 0 Å². The SMILES string of the molecule is O=C(Nc1ccc(Br)nc1)c1c(O)cccc1F. The Labute approximate surface area is 111 Å². The number of nitrogens with zero attached hydrogens (tertiary/aromatic N) is 1. The summed E-state index contributed by atoms with van der Waals surface area (Å²) in [4.78, 5) is 15.7. The van der Waals surface area contributed by atoms with E-state index in [1.54, 1.807) is 12.1 Å². The van der Waals surface area contributed by atoms with Crippen LogP contribution in [0.5, 0.6) is 5.75 Å². The number of nitrogens with one attached hydrogen (secondary N) is 1. The van der Waals surface area contributed by atoms with Crippen molar-refractivity contribution in [2.75, 3.05) is 5.32 Å². The Morgan fingerprint density at radius 3 is 2.72 bits per heavy atom. The molecule has 1 aromatic heterocycles. The van der Waals surface area contributed by atoms with Gasteiger partial charge in [-0.05, 0) is 40.2 Å². The lowest BCUT2D eigenvalue weighted by molar-refractivity contribution is 0.102. The first kappa shape index (κ1) is 12.5. The molecule has 0 spiro atoms. The number of phenols is 1. The molecule has 18 heavy (non-hydrogen) atoms. The van der Waals surface area contributed by atoms with Crippen molar-refractivity contribution in [3.05, 3.63) is 52.5 Å². The van der Waals surface area contributed by atoms with E-state index in [2.05, 4.69) is 26.2 Å². The quantitative estimate of drug-likeness (QED) is 0.838. The monoisotopic (exact) mass is 310 g/mol. The van der Waals surface area contributed by atoms with Gasteiger partial charge < -0.3 is 10.4 Å². The summed E-state index contributed by atoms with van der Waals surface area (Å²) < 4.78 is 14.0. The number of aromatic nitrogens is 1. The summed E-state index contributed by atoms with van der Waals surface area (Å²) in [5.41, 5.74) is 0.0197. The second kappa shape index (κ2) is 5.14. The fourth-order valence-electron chi connectivity index (χ4n) is 1.38. The van der Waals surface area contributed by atoms with Crippen LogP contribution in [0.4, 0.5) is 10.1 Å². The summed E-state index contributed by atoms with van der Waals surface area (Å²) in [6, 6.07) is 6.92. The summed E-state index contributed by atoms with van der Waals surface area (Å²) in [6.45, 7) is 0. The van der Waals surface area contributed by atoms with E-state index in [1.807, 2.05) is 0 Å². The second-order valence-electron chi connectivity index (χ2n) is 3.46. The topological polar surface area (TPSA) is 62.2 Å². The highest BCUT2D eigenvalue weighted by Gasteiger charge is 2.16. The third-order valence-corrected chi connectivity index (χ3v) is 2.67. The van der Waals surface area contributed by atoms with E-state index in [0.717, 1.165) is 6.07 Å². The first-order valence-electron chi connectivity index (χ1n) is 4.98. The highest BCUT2D eigenvalue weighted by Crippen LogP contribution is 2.21. The van der Waals surface area contributed by atoms with Gasteiger partial charge in [0.15, 0.2) is 0 Å². The summed E-state index contributed by atoms with van der Waals surface area (Å²) >= 11 is 3.16. The fourth-order valence-corrected chi connectivity index (χ4v) is 1.62. The number of anilines is 1. The summed E-state index contributed by atoms with van der Waals surface area (Å²) in [5, 5.41) is 11.9. The number of pyridine rings is 1. The van der Waals surface area contributed by atoms with Crippen molar-refractivity contribution >= 4 is 27.5 Å². The maximum atomic E-state index is 13.4. The fraction of sp³-hybridized carbons (Fsp3) is 0. The number of rotatable bonds is 2. The van der Waals surface area contributed by atoms with Crippen molar-refractivity contribution in [3.8, 4) is 5.75 Å². The average molecular weight is 311 g/mol. The van der Waals surface area contributed by atoms with Gasteiger partial charge in [-0.3, -0.25) is 4.79 Å². The van der Waals surface area contributed by atoms with Gasteiger partial charge in [-0.15, -0.1) is 0 Å². The van der Waals surface area contributed by atoms with Crippen molar-refractivity contribution in [2.24, 2.45) is 0 Å². The summed E-state index contributed by atoms with van der Waals surface area (Å²) in [7, 11) is 0. The van der Waals surface area contributed by atoms with Crippen molar-refractivity contribution in [1.29, 1.82) is 0 Å². The molecule has 0 saturated carbocycles. The number of carbonyl (C=O) groups is 1. The molecule has 0 saturated heterocycles. The molecular formula is C12H8BrFN2O2. The van der Waals surface area contributed by atoms with E-state index < -0.39 is 17.5 Å². The van der Waals surface area contributed by atoms with Crippen LogP contribution in [0.15, 0.2) is 41.1 Å². The van der Waals surface area contributed by atoms with Crippen LogP contribution in [0.3, 0.4) is 0 Å². The first-order valence-corrected chi connectivity index (χ1v) is 5.77. The molecule has 0 aliphatic heterocycles. The Bertz CT molecular complexity index is 567. The van der Waals surface area contributed by atoms with Crippen LogP contribution in [0.2, 0.25) is 0 Å². The van der Waals surface area contributed by atoms with Crippen molar-refractivity contribution in [2.45, 2.75) is 0 Å². The largest absolute Gasteiger partial charge is 0.507 e. The lowest BCUT2D eigenvalue weighted by Gasteiger charge is -2.07. The molecule has 0 bridgehead atoms. The zero-order chi connectivity index (χ0) is 13.1. The Morgan fingerprint density at radius 1 is 1.33 bits per heavy atom. The first-order chi connectivity index (χ1) is 8.58. The van der Waals surface area contributed by atoms with Gasteiger partial charge >= 0.3 is 0 Å². The number of halogens is 2. The molecule has 1 amide bonds. The predicted molar refractivity (Wildman–Crippen MR) is 68.0 cm³/mol. The standard InChI is InChI=1S/C12H8BrFN2O2/c13-10-5-4-7(6-15-10)16-12(18)11-8(14)2-1-3-9(11)17/h1-6,17H,(H,16,18). The van der Waals surface area contributed by atoms with Crippen LogP contribution in [-0.4, -0.2) is 16.0 Å². The van der Waals surface area contributed by atoms with Crippen LogP contribution in [0, 0.1) is 5.82 Å². The molecule has 1 heterocycles. The van der Waals surface area contributed by atoms with E-state index in [9.17, 15) is 14.3 Å². The number of benzene rings is 1. The Balaban J connectivity index is 2.25. The lowest BCUT2D eigenvalue weighted by Crippen LogP contribution is -2.14. The number of hydrogen-bond acceptors (Lipinski definition) is 3. The minimum atomic E-state index is -0.780. The highest BCUT2D eigenvalue weighted by molar-refractivity contribution is 9.10. The lowest BCUT2D eigenvalue weighted by atomic mass is 10.1. The third kappa shape index (κ3) is 2.65. The molecule has 0 atom stereocenters. The molecule has 1 aromatic carbocycles. The molecule has 0 aliphatic rings. The van der Waals surface area contributed by atoms with E-state index in [1.165, 1.54) is 18.3 Å². The van der Waals surface area contributed by atoms with E-state index in [-0.39, 0.29) is 5.56 Å². The van der Waals surface area contributed by atoms with Gasteiger partial charge in [0.25, 0.3) is 5.91 Å². The van der Waals surface area contributed by atoms with Crippen LogP contribution in [-0.2, 0) is 0 Å². The molecule has 0 fully saturated rings. The molecule has 6 heteroatoms. The highest BCUT2D eigenvalue weighted by atomic mass is 79.9. The normalized spacial score (nSPS) is 10.1. The van der Waals surface area contributed by atoms with Crippen molar-refractivity contribution in [1.82, 2.24) is 4.98 Å². The van der Waals surface area contributed by atoms with Gasteiger partial charge in [0, 0.05) is 0 Å². The minimum Gasteiger partial charge on any atom is -0.507 e. The summed E-state index contributed by atoms with van der Waals surface area (Å²) in [5.74, 6) is -1.91. The molecule has 2 rings (SSSR count). The van der Waals surface area contributed by atoms with Crippen LogP contribution < -0.4 is 5.32 Å². The molecular weight excluding hydrogens is 303 g/mol. The van der Waals surface area contributed by atoms with E-state index in [0.29, 0.717) is 10.3 Å². The molecule has 2 N–H and O–H groups in total. The van der Waals surface area contributed by atoms with Gasteiger partial charge in [-0.1, -0.05) is 6.07 Å². The zero-order valence-electron chi connectivity index (χ0n) is 9.02. The molecule has 92 valence electrons. The second-order valence-corrected chi connectivity index (χ2v) is 4.27. The van der Waals surface area contributed by atoms with Gasteiger partial charge in [-0.25, -0.2) is 9.37 Å². The third-order valence-electron chi connectivity index (χ3n) is 2.20. The average Bonchev–Trinajstić information content (AvgIpc) is 2.32. The maximum Gasteiger partial charge on any atom is 0.262 e. The zero-order valence-corrected chi connectivity index (χ0v) is 10.6. The maximum absolute atomic E-state index is 13.4. The molecule has 0 radical (unpaired) electrons. The molecule has 2 aromatic rings. The Kier molecular flexibility index (Phi) is 3.57. The van der Waals surface area contributed by atoms with Crippen LogP contribution in [0.25, 0.3) is 0 Å². The van der Waals surface area contributed by atoms with Crippen LogP contribution >= 0.6 is 15.9 Å². The van der Waals surface area contributed by atoms with Gasteiger partial charge in [-0.2, -0.15) is 0 Å². The van der Waals surface area contributed by atoms with Gasteiger partial charge in [0.1, 0.15) is 21.7 Å². The minimum absolute atomic E-state index is 0.389. The number of hydrogen-bond donors (Lipinski definition) is 2. The molecule has 4 nitrogen and oxygen atoms in total. The smallest absolute Gasteiger partial charge is 0.262 e. The Hall–Kier alpha value is -1.95.